The van der Waals surface area contributed by atoms with Crippen molar-refractivity contribution < 1.29 is 0 Å². The number of halogens is 1. The second-order valence-corrected chi connectivity index (χ2v) is 5.70. The van der Waals surface area contributed by atoms with Crippen LogP contribution in [0.2, 0.25) is 0 Å². The molecule has 0 saturated carbocycles. The number of aryl methyl sites for hydroxylation is 1. The topological polar surface area (TPSA) is 69.6 Å². The molecule has 0 saturated heterocycles. The SMILES string of the molecule is CCCn1ncc(Br)c1C(N)c1cccc2nccnc12. The summed E-state index contributed by atoms with van der Waals surface area (Å²) in [4.78, 5) is 8.76. The zero-order valence-corrected chi connectivity index (χ0v) is 13.3. The summed E-state index contributed by atoms with van der Waals surface area (Å²) >= 11 is 3.55. The van der Waals surface area contributed by atoms with Crippen molar-refractivity contribution in [3.8, 4) is 0 Å². The van der Waals surface area contributed by atoms with E-state index < -0.39 is 0 Å². The van der Waals surface area contributed by atoms with Gasteiger partial charge >= 0.3 is 0 Å². The van der Waals surface area contributed by atoms with Gasteiger partial charge in [0.15, 0.2) is 0 Å². The van der Waals surface area contributed by atoms with E-state index in [0.717, 1.165) is 39.7 Å². The fourth-order valence-electron chi connectivity index (χ4n) is 2.48. The van der Waals surface area contributed by atoms with Crippen LogP contribution in [0.5, 0.6) is 0 Å². The minimum atomic E-state index is -0.297. The van der Waals surface area contributed by atoms with Gasteiger partial charge in [0, 0.05) is 24.5 Å². The van der Waals surface area contributed by atoms with Crippen LogP contribution in [0, 0.1) is 0 Å². The Bertz CT molecular complexity index is 762. The Labute approximate surface area is 131 Å². The number of rotatable bonds is 4. The zero-order valence-electron chi connectivity index (χ0n) is 11.7. The lowest BCUT2D eigenvalue weighted by Gasteiger charge is -2.16. The van der Waals surface area contributed by atoms with E-state index in [0.29, 0.717) is 0 Å². The van der Waals surface area contributed by atoms with Crippen molar-refractivity contribution >= 4 is 27.0 Å². The number of fused-ring (bicyclic) bond motifs is 1. The van der Waals surface area contributed by atoms with Gasteiger partial charge in [0.1, 0.15) is 0 Å². The molecule has 21 heavy (non-hydrogen) atoms. The first-order chi connectivity index (χ1) is 10.2. The van der Waals surface area contributed by atoms with Crippen LogP contribution in [0.25, 0.3) is 11.0 Å². The third-order valence-corrected chi connectivity index (χ3v) is 4.04. The molecule has 5 nitrogen and oxygen atoms in total. The normalized spacial score (nSPS) is 12.7. The minimum Gasteiger partial charge on any atom is -0.319 e. The third-order valence-electron chi connectivity index (χ3n) is 3.43. The Morgan fingerprint density at radius 2 is 2.10 bits per heavy atom. The standard InChI is InChI=1S/C15H16BrN5/c1-2-8-21-15(11(16)9-20-21)13(17)10-4-3-5-12-14(10)19-7-6-18-12/h3-7,9,13H,2,8,17H2,1H3. The minimum absolute atomic E-state index is 0.297. The molecule has 3 aromatic rings. The maximum atomic E-state index is 6.50. The van der Waals surface area contributed by atoms with E-state index in [-0.39, 0.29) is 6.04 Å². The summed E-state index contributed by atoms with van der Waals surface area (Å²) in [7, 11) is 0. The number of hydrogen-bond acceptors (Lipinski definition) is 4. The van der Waals surface area contributed by atoms with Crippen molar-refractivity contribution in [2.45, 2.75) is 25.9 Å². The second kappa shape index (κ2) is 5.91. The number of nitrogens with zero attached hydrogens (tertiary/aromatic N) is 4. The molecule has 0 bridgehead atoms. The molecule has 0 amide bonds. The molecule has 6 heteroatoms. The van der Waals surface area contributed by atoms with E-state index in [2.05, 4.69) is 37.9 Å². The van der Waals surface area contributed by atoms with Crippen molar-refractivity contribution in [3.63, 3.8) is 0 Å². The molecule has 3 rings (SSSR count). The smallest absolute Gasteiger partial charge is 0.0938 e. The van der Waals surface area contributed by atoms with E-state index in [1.165, 1.54) is 0 Å². The summed E-state index contributed by atoms with van der Waals surface area (Å²) in [6, 6.07) is 5.60. The summed E-state index contributed by atoms with van der Waals surface area (Å²) in [6.07, 6.45) is 6.18. The van der Waals surface area contributed by atoms with Crippen LogP contribution in [-0.4, -0.2) is 19.7 Å². The van der Waals surface area contributed by atoms with Crippen LogP contribution >= 0.6 is 15.9 Å². The Morgan fingerprint density at radius 1 is 1.29 bits per heavy atom. The lowest BCUT2D eigenvalue weighted by molar-refractivity contribution is 0.559. The average molecular weight is 346 g/mol. The van der Waals surface area contributed by atoms with Gasteiger partial charge < -0.3 is 5.73 Å². The molecular formula is C15H16BrN5. The molecule has 0 spiro atoms. The highest BCUT2D eigenvalue weighted by Crippen LogP contribution is 2.29. The predicted molar refractivity (Wildman–Crippen MR) is 85.8 cm³/mol. The molecule has 1 aromatic carbocycles. The van der Waals surface area contributed by atoms with Gasteiger partial charge in [-0.2, -0.15) is 5.10 Å². The first-order valence-corrected chi connectivity index (χ1v) is 7.68. The quantitative estimate of drug-likeness (QED) is 0.788. The lowest BCUT2D eigenvalue weighted by atomic mass is 10.0. The van der Waals surface area contributed by atoms with Crippen LogP contribution in [0.15, 0.2) is 41.3 Å². The Hall–Kier alpha value is -1.79. The lowest BCUT2D eigenvalue weighted by Crippen LogP contribution is -2.18. The van der Waals surface area contributed by atoms with Gasteiger partial charge in [-0.05, 0) is 28.4 Å². The molecule has 1 unspecified atom stereocenters. The molecule has 2 N–H and O–H groups in total. The summed E-state index contributed by atoms with van der Waals surface area (Å²) in [6.45, 7) is 2.96. The monoisotopic (exact) mass is 345 g/mol. The maximum absolute atomic E-state index is 6.50. The van der Waals surface area contributed by atoms with E-state index in [4.69, 9.17) is 5.73 Å². The molecule has 108 valence electrons. The number of para-hydroxylation sites is 1. The third kappa shape index (κ3) is 2.56. The van der Waals surface area contributed by atoms with Gasteiger partial charge in [-0.25, -0.2) is 0 Å². The van der Waals surface area contributed by atoms with Crippen LogP contribution in [-0.2, 0) is 6.54 Å². The van der Waals surface area contributed by atoms with Gasteiger partial charge in [-0.15, -0.1) is 0 Å². The fraction of sp³-hybridized carbons (Fsp3) is 0.267. The second-order valence-electron chi connectivity index (χ2n) is 4.85. The molecule has 0 aliphatic carbocycles. The molecule has 0 aliphatic heterocycles. The molecule has 2 heterocycles. The van der Waals surface area contributed by atoms with E-state index >= 15 is 0 Å². The van der Waals surface area contributed by atoms with Crippen LogP contribution in [0.3, 0.4) is 0 Å². The van der Waals surface area contributed by atoms with E-state index in [1.807, 2.05) is 22.9 Å². The molecular weight excluding hydrogens is 330 g/mol. The fourth-order valence-corrected chi connectivity index (χ4v) is 3.03. The highest BCUT2D eigenvalue weighted by Gasteiger charge is 2.20. The highest BCUT2D eigenvalue weighted by atomic mass is 79.9. The van der Waals surface area contributed by atoms with Crippen molar-refractivity contribution in [2.24, 2.45) is 5.73 Å². The molecule has 0 radical (unpaired) electrons. The molecule has 2 aromatic heterocycles. The molecule has 0 aliphatic rings. The Morgan fingerprint density at radius 3 is 2.90 bits per heavy atom. The van der Waals surface area contributed by atoms with Crippen molar-refractivity contribution in [2.75, 3.05) is 0 Å². The van der Waals surface area contributed by atoms with Gasteiger partial charge in [-0.3, -0.25) is 14.6 Å². The maximum Gasteiger partial charge on any atom is 0.0938 e. The predicted octanol–water partition coefficient (Wildman–Crippen LogP) is 3.05. The summed E-state index contributed by atoms with van der Waals surface area (Å²) in [5.74, 6) is 0. The van der Waals surface area contributed by atoms with Crippen LogP contribution in [0.1, 0.15) is 30.6 Å². The summed E-state index contributed by atoms with van der Waals surface area (Å²) < 4.78 is 2.87. The number of aromatic nitrogens is 4. The van der Waals surface area contributed by atoms with Crippen molar-refractivity contribution in [1.82, 2.24) is 19.7 Å². The Balaban J connectivity index is 2.13. The number of nitrogens with two attached hydrogens (primary N) is 1. The zero-order chi connectivity index (χ0) is 14.8. The van der Waals surface area contributed by atoms with Crippen molar-refractivity contribution in [1.29, 1.82) is 0 Å². The van der Waals surface area contributed by atoms with Gasteiger partial charge in [0.25, 0.3) is 0 Å². The van der Waals surface area contributed by atoms with E-state index in [9.17, 15) is 0 Å². The highest BCUT2D eigenvalue weighted by molar-refractivity contribution is 9.10. The van der Waals surface area contributed by atoms with Gasteiger partial charge in [0.2, 0.25) is 0 Å². The summed E-state index contributed by atoms with van der Waals surface area (Å²) in [5, 5.41) is 4.39. The Kier molecular flexibility index (Phi) is 3.98. The van der Waals surface area contributed by atoms with Crippen molar-refractivity contribution in [3.05, 3.63) is 52.5 Å². The largest absolute Gasteiger partial charge is 0.319 e. The first kappa shape index (κ1) is 14.2. The van der Waals surface area contributed by atoms with E-state index in [1.54, 1.807) is 18.6 Å². The van der Waals surface area contributed by atoms with Gasteiger partial charge in [-0.1, -0.05) is 19.1 Å². The average Bonchev–Trinajstić information content (AvgIpc) is 2.87. The molecule has 1 atom stereocenters. The first-order valence-electron chi connectivity index (χ1n) is 6.88. The van der Waals surface area contributed by atoms with Gasteiger partial charge in [0.05, 0.1) is 33.4 Å². The number of hydrogen-bond donors (Lipinski definition) is 1. The van der Waals surface area contributed by atoms with Crippen LogP contribution in [0.4, 0.5) is 0 Å². The molecule has 0 fully saturated rings. The number of benzene rings is 1. The summed E-state index contributed by atoms with van der Waals surface area (Å²) in [5.41, 5.74) is 10.1. The van der Waals surface area contributed by atoms with Crippen LogP contribution < -0.4 is 5.73 Å².